The fourth-order valence-corrected chi connectivity index (χ4v) is 3.81. The molecule has 1 unspecified atom stereocenters. The summed E-state index contributed by atoms with van der Waals surface area (Å²) in [5.41, 5.74) is -0.669. The number of aliphatic carboxylic acids is 1. The van der Waals surface area contributed by atoms with E-state index in [1.807, 2.05) is 32.0 Å². The summed E-state index contributed by atoms with van der Waals surface area (Å²) in [6.07, 6.45) is 1.73. The summed E-state index contributed by atoms with van der Waals surface area (Å²) in [6, 6.07) is 7.48. The summed E-state index contributed by atoms with van der Waals surface area (Å²) in [5, 5.41) is 10.3. The lowest BCUT2D eigenvalue weighted by Crippen LogP contribution is -2.54. The Morgan fingerprint density at radius 1 is 1.40 bits per heavy atom. The fraction of sp³-hybridized carbons (Fsp3) is 0.579. The maximum absolute atomic E-state index is 13.1. The Balaban J connectivity index is 2.16. The monoisotopic (exact) mass is 367 g/mol. The Labute approximate surface area is 153 Å². The highest BCUT2D eigenvalue weighted by Crippen LogP contribution is 2.34. The SMILES string of the molecule is COCC1(C(=O)O)CCCN(C(=O)C(C)(C)Cc2cccc(Cl)c2)C1. The summed E-state index contributed by atoms with van der Waals surface area (Å²) >= 11 is 6.03. The zero-order valence-corrected chi connectivity index (χ0v) is 15.8. The molecule has 1 aliphatic rings. The van der Waals surface area contributed by atoms with Gasteiger partial charge < -0.3 is 14.7 Å². The first kappa shape index (κ1) is 19.7. The molecular weight excluding hydrogens is 342 g/mol. The molecule has 5 nitrogen and oxygen atoms in total. The van der Waals surface area contributed by atoms with Crippen LogP contribution in [-0.4, -0.2) is 48.7 Å². The number of hydrogen-bond acceptors (Lipinski definition) is 3. The van der Waals surface area contributed by atoms with Crippen LogP contribution in [0.5, 0.6) is 0 Å². The highest BCUT2D eigenvalue weighted by molar-refractivity contribution is 6.30. The highest BCUT2D eigenvalue weighted by Gasteiger charge is 2.45. The molecule has 1 atom stereocenters. The van der Waals surface area contributed by atoms with Crippen molar-refractivity contribution in [1.82, 2.24) is 4.90 Å². The van der Waals surface area contributed by atoms with Crippen molar-refractivity contribution in [1.29, 1.82) is 0 Å². The van der Waals surface area contributed by atoms with E-state index in [9.17, 15) is 14.7 Å². The van der Waals surface area contributed by atoms with E-state index in [1.165, 1.54) is 7.11 Å². The number of halogens is 1. The first-order valence-electron chi connectivity index (χ1n) is 8.46. The molecule has 0 spiro atoms. The second-order valence-corrected chi connectivity index (χ2v) is 7.98. The molecule has 25 heavy (non-hydrogen) atoms. The van der Waals surface area contributed by atoms with Gasteiger partial charge >= 0.3 is 5.97 Å². The Morgan fingerprint density at radius 2 is 2.12 bits per heavy atom. The smallest absolute Gasteiger partial charge is 0.313 e. The van der Waals surface area contributed by atoms with Crippen LogP contribution in [0.3, 0.4) is 0 Å². The number of rotatable bonds is 6. The van der Waals surface area contributed by atoms with E-state index in [0.29, 0.717) is 30.8 Å². The minimum absolute atomic E-state index is 0.0334. The second kappa shape index (κ2) is 7.75. The first-order valence-corrected chi connectivity index (χ1v) is 8.84. The summed E-state index contributed by atoms with van der Waals surface area (Å²) < 4.78 is 5.14. The number of piperidine rings is 1. The number of carboxylic acids is 1. The van der Waals surface area contributed by atoms with Crippen LogP contribution in [-0.2, 0) is 20.7 Å². The predicted octanol–water partition coefficient (Wildman–Crippen LogP) is 3.25. The lowest BCUT2D eigenvalue weighted by atomic mass is 9.78. The summed E-state index contributed by atoms with van der Waals surface area (Å²) in [6.45, 7) is 4.67. The van der Waals surface area contributed by atoms with Crippen LogP contribution in [0, 0.1) is 10.8 Å². The van der Waals surface area contributed by atoms with Crippen LogP contribution in [0.4, 0.5) is 0 Å². The van der Waals surface area contributed by atoms with E-state index in [1.54, 1.807) is 11.0 Å². The molecule has 1 aromatic carbocycles. The zero-order chi connectivity index (χ0) is 18.7. The van der Waals surface area contributed by atoms with Crippen LogP contribution < -0.4 is 0 Å². The third-order valence-electron chi connectivity index (χ3n) is 4.85. The third kappa shape index (κ3) is 4.53. The quantitative estimate of drug-likeness (QED) is 0.838. The van der Waals surface area contributed by atoms with Crippen molar-refractivity contribution in [3.05, 3.63) is 34.9 Å². The van der Waals surface area contributed by atoms with Crippen molar-refractivity contribution < 1.29 is 19.4 Å². The molecule has 0 bridgehead atoms. The molecule has 138 valence electrons. The number of carboxylic acid groups (broad SMARTS) is 1. The highest BCUT2D eigenvalue weighted by atomic mass is 35.5. The van der Waals surface area contributed by atoms with Crippen LogP contribution in [0.15, 0.2) is 24.3 Å². The minimum Gasteiger partial charge on any atom is -0.481 e. The number of amides is 1. The second-order valence-electron chi connectivity index (χ2n) is 7.54. The van der Waals surface area contributed by atoms with Gasteiger partial charge in [-0.1, -0.05) is 37.6 Å². The van der Waals surface area contributed by atoms with Crippen LogP contribution in [0.25, 0.3) is 0 Å². The number of carbonyl (C=O) groups is 2. The number of carbonyl (C=O) groups excluding carboxylic acids is 1. The number of nitrogens with zero attached hydrogens (tertiary/aromatic N) is 1. The maximum Gasteiger partial charge on any atom is 0.313 e. The Kier molecular flexibility index (Phi) is 6.12. The molecule has 0 aromatic heterocycles. The van der Waals surface area contributed by atoms with Gasteiger partial charge in [-0.3, -0.25) is 9.59 Å². The molecule has 1 saturated heterocycles. The fourth-order valence-electron chi connectivity index (χ4n) is 3.60. The molecule has 2 rings (SSSR count). The number of likely N-dealkylation sites (tertiary alicyclic amines) is 1. The van der Waals surface area contributed by atoms with Gasteiger partial charge in [-0.25, -0.2) is 0 Å². The van der Waals surface area contributed by atoms with Crippen molar-refractivity contribution in [3.63, 3.8) is 0 Å². The van der Waals surface area contributed by atoms with Gasteiger partial charge in [-0.15, -0.1) is 0 Å². The van der Waals surface area contributed by atoms with E-state index >= 15 is 0 Å². The Bertz CT molecular complexity index is 642. The topological polar surface area (TPSA) is 66.8 Å². The van der Waals surface area contributed by atoms with Crippen molar-refractivity contribution >= 4 is 23.5 Å². The van der Waals surface area contributed by atoms with E-state index in [4.69, 9.17) is 16.3 Å². The molecule has 1 amide bonds. The molecule has 0 aliphatic carbocycles. The van der Waals surface area contributed by atoms with Gasteiger partial charge in [-0.2, -0.15) is 0 Å². The third-order valence-corrected chi connectivity index (χ3v) is 5.09. The summed E-state index contributed by atoms with van der Waals surface area (Å²) in [5.74, 6) is -0.937. The van der Waals surface area contributed by atoms with Crippen molar-refractivity contribution in [2.24, 2.45) is 10.8 Å². The van der Waals surface area contributed by atoms with E-state index in [2.05, 4.69) is 0 Å². The number of hydrogen-bond donors (Lipinski definition) is 1. The number of benzene rings is 1. The molecular formula is C19H26ClNO4. The van der Waals surface area contributed by atoms with Gasteiger partial charge in [0.25, 0.3) is 0 Å². The maximum atomic E-state index is 13.1. The first-order chi connectivity index (χ1) is 11.7. The van der Waals surface area contributed by atoms with E-state index < -0.39 is 16.8 Å². The average Bonchev–Trinajstić information content (AvgIpc) is 2.54. The zero-order valence-electron chi connectivity index (χ0n) is 15.0. The molecule has 0 saturated carbocycles. The van der Waals surface area contributed by atoms with Gasteiger partial charge in [0, 0.05) is 30.6 Å². The molecule has 1 aromatic rings. The Hall–Kier alpha value is -1.59. The predicted molar refractivity (Wildman–Crippen MR) is 96.7 cm³/mol. The van der Waals surface area contributed by atoms with Crippen LogP contribution >= 0.6 is 11.6 Å². The van der Waals surface area contributed by atoms with Gasteiger partial charge in [0.05, 0.1) is 6.61 Å². The lowest BCUT2D eigenvalue weighted by Gasteiger charge is -2.42. The van der Waals surface area contributed by atoms with Gasteiger partial charge in [-0.05, 0) is 37.0 Å². The molecule has 1 aliphatic heterocycles. The summed E-state index contributed by atoms with van der Waals surface area (Å²) in [7, 11) is 1.49. The van der Waals surface area contributed by atoms with Crippen LogP contribution in [0.1, 0.15) is 32.3 Å². The molecule has 1 fully saturated rings. The molecule has 1 N–H and O–H groups in total. The van der Waals surface area contributed by atoms with Gasteiger partial charge in [0.1, 0.15) is 5.41 Å². The number of ether oxygens (including phenoxy) is 1. The van der Waals surface area contributed by atoms with Crippen molar-refractivity contribution in [2.75, 3.05) is 26.8 Å². The normalized spacial score (nSPS) is 21.2. The van der Waals surface area contributed by atoms with Crippen molar-refractivity contribution in [3.8, 4) is 0 Å². The number of methoxy groups -OCH3 is 1. The van der Waals surface area contributed by atoms with E-state index in [-0.39, 0.29) is 19.1 Å². The minimum atomic E-state index is -1.02. The molecule has 1 heterocycles. The van der Waals surface area contributed by atoms with E-state index in [0.717, 1.165) is 5.56 Å². The molecule has 6 heteroatoms. The van der Waals surface area contributed by atoms with Gasteiger partial charge in [0.2, 0.25) is 5.91 Å². The standard InChI is InChI=1S/C19H26ClNO4/c1-18(2,11-14-6-4-7-15(20)10-14)16(22)21-9-5-8-19(12-21,13-25-3)17(23)24/h4,6-7,10H,5,8-9,11-13H2,1-3H3,(H,23,24). The largest absolute Gasteiger partial charge is 0.481 e. The molecule has 0 radical (unpaired) electrons. The average molecular weight is 368 g/mol. The summed E-state index contributed by atoms with van der Waals surface area (Å²) in [4.78, 5) is 26.5. The lowest BCUT2D eigenvalue weighted by molar-refractivity contribution is -0.161. The van der Waals surface area contributed by atoms with Gasteiger partial charge in [0.15, 0.2) is 0 Å². The van der Waals surface area contributed by atoms with Crippen LogP contribution in [0.2, 0.25) is 5.02 Å². The van der Waals surface area contributed by atoms with Crippen molar-refractivity contribution in [2.45, 2.75) is 33.1 Å². The Morgan fingerprint density at radius 3 is 2.72 bits per heavy atom.